The number of aryl methyl sites for hydroxylation is 1. The second-order valence-corrected chi connectivity index (χ2v) is 7.02. The Balaban J connectivity index is 1.62. The molecule has 0 radical (unpaired) electrons. The molecule has 7 heteroatoms. The summed E-state index contributed by atoms with van der Waals surface area (Å²) >= 11 is 0. The van der Waals surface area contributed by atoms with Crippen LogP contribution in [0.2, 0.25) is 0 Å². The van der Waals surface area contributed by atoms with Crippen molar-refractivity contribution < 1.29 is 4.79 Å². The predicted octanol–water partition coefficient (Wildman–Crippen LogP) is 1.73. The van der Waals surface area contributed by atoms with Crippen molar-refractivity contribution in [2.24, 2.45) is 5.73 Å². The Labute approximate surface area is 153 Å². The summed E-state index contributed by atoms with van der Waals surface area (Å²) in [7, 11) is 2.15. The topological polar surface area (TPSA) is 78.6 Å². The minimum Gasteiger partial charge on any atom is -0.368 e. The zero-order valence-electron chi connectivity index (χ0n) is 15.1. The number of likely N-dealkylation sites (N-methyl/N-ethyl adjacent to an activating group) is 1. The van der Waals surface area contributed by atoms with Crippen LogP contribution >= 0.6 is 0 Å². The van der Waals surface area contributed by atoms with Crippen LogP contribution in [0.1, 0.15) is 12.0 Å². The zero-order chi connectivity index (χ0) is 18.1. The van der Waals surface area contributed by atoms with Gasteiger partial charge >= 0.3 is 6.03 Å². The fourth-order valence-electron chi connectivity index (χ4n) is 3.66. The number of primary amides is 1. The lowest BCUT2D eigenvalue weighted by molar-refractivity contribution is 0.253. The Kier molecular flexibility index (Phi) is 4.46. The molecule has 2 aromatic rings. The number of aromatic nitrogens is 2. The molecule has 0 aromatic carbocycles. The first-order valence-corrected chi connectivity index (χ1v) is 9.06. The van der Waals surface area contributed by atoms with E-state index < -0.39 is 6.03 Å². The second kappa shape index (κ2) is 6.92. The molecule has 26 heavy (non-hydrogen) atoms. The number of anilines is 2. The van der Waals surface area contributed by atoms with E-state index in [4.69, 9.17) is 5.73 Å². The van der Waals surface area contributed by atoms with E-state index in [1.54, 1.807) is 4.90 Å². The molecule has 2 aliphatic heterocycles. The summed E-state index contributed by atoms with van der Waals surface area (Å²) in [5, 5.41) is 0. The molecule has 1 saturated heterocycles. The first kappa shape index (κ1) is 16.8. The monoisotopic (exact) mass is 352 g/mol. The van der Waals surface area contributed by atoms with Crippen molar-refractivity contribution in [2.75, 3.05) is 49.6 Å². The van der Waals surface area contributed by atoms with E-state index in [2.05, 4.69) is 38.9 Å². The first-order valence-electron chi connectivity index (χ1n) is 9.06. The van der Waals surface area contributed by atoms with Gasteiger partial charge in [-0.3, -0.25) is 9.88 Å². The zero-order valence-corrected chi connectivity index (χ0v) is 15.1. The van der Waals surface area contributed by atoms with E-state index >= 15 is 0 Å². The van der Waals surface area contributed by atoms with Crippen LogP contribution in [0.3, 0.4) is 0 Å². The lowest BCUT2D eigenvalue weighted by Crippen LogP contribution is -2.44. The quantitative estimate of drug-likeness (QED) is 0.890. The molecule has 0 spiro atoms. The number of hydrogen-bond acceptors (Lipinski definition) is 5. The van der Waals surface area contributed by atoms with E-state index in [1.165, 1.54) is 0 Å². The Hall–Kier alpha value is -2.67. The largest absolute Gasteiger partial charge is 0.368 e. The SMILES string of the molecule is CN1CCN(c2cncc(-c3cnc4c(c3)CCCN4C(N)=O)c2)CC1. The summed E-state index contributed by atoms with van der Waals surface area (Å²) in [6.07, 6.45) is 7.42. The molecule has 2 amide bonds. The Morgan fingerprint density at radius 1 is 1.04 bits per heavy atom. The third kappa shape index (κ3) is 3.22. The lowest BCUT2D eigenvalue weighted by Gasteiger charge is -2.34. The minimum absolute atomic E-state index is 0.440. The highest BCUT2D eigenvalue weighted by atomic mass is 16.2. The fraction of sp³-hybridized carbons (Fsp3) is 0.421. The Morgan fingerprint density at radius 2 is 1.81 bits per heavy atom. The van der Waals surface area contributed by atoms with Crippen LogP contribution in [0.4, 0.5) is 16.3 Å². The average molecular weight is 352 g/mol. The number of hydrogen-bond donors (Lipinski definition) is 1. The van der Waals surface area contributed by atoms with Crippen LogP contribution < -0.4 is 15.5 Å². The van der Waals surface area contributed by atoms with Crippen molar-refractivity contribution in [3.63, 3.8) is 0 Å². The van der Waals surface area contributed by atoms with Crippen molar-refractivity contribution in [2.45, 2.75) is 12.8 Å². The summed E-state index contributed by atoms with van der Waals surface area (Å²) < 4.78 is 0. The number of carbonyl (C=O) groups is 1. The maximum atomic E-state index is 11.6. The fourth-order valence-corrected chi connectivity index (χ4v) is 3.66. The standard InChI is InChI=1S/C19H24N6O/c1-23-5-7-24(8-6-23)17-10-16(11-21-13-17)15-9-14-3-2-4-25(19(20)26)18(14)22-12-15/h9-13H,2-8H2,1H3,(H2,20,26). The van der Waals surface area contributed by atoms with Gasteiger partial charge in [0.25, 0.3) is 0 Å². The number of fused-ring (bicyclic) bond motifs is 1. The molecule has 2 aliphatic rings. The molecule has 1 fully saturated rings. The Bertz CT molecular complexity index is 815. The summed E-state index contributed by atoms with van der Waals surface area (Å²) in [4.78, 5) is 26.8. The first-order chi connectivity index (χ1) is 12.6. The smallest absolute Gasteiger partial charge is 0.320 e. The van der Waals surface area contributed by atoms with Crippen molar-refractivity contribution in [1.82, 2.24) is 14.9 Å². The van der Waals surface area contributed by atoms with Gasteiger partial charge in [0.2, 0.25) is 0 Å². The predicted molar refractivity (Wildman–Crippen MR) is 102 cm³/mol. The number of rotatable bonds is 2. The van der Waals surface area contributed by atoms with Gasteiger partial charge in [-0.15, -0.1) is 0 Å². The van der Waals surface area contributed by atoms with Gasteiger partial charge in [-0.05, 0) is 37.6 Å². The van der Waals surface area contributed by atoms with E-state index in [9.17, 15) is 4.79 Å². The number of carbonyl (C=O) groups excluding carboxylic acids is 1. The third-order valence-corrected chi connectivity index (χ3v) is 5.22. The van der Waals surface area contributed by atoms with Crippen LogP contribution in [0, 0.1) is 0 Å². The maximum absolute atomic E-state index is 11.6. The number of nitrogens with two attached hydrogens (primary N) is 1. The van der Waals surface area contributed by atoms with E-state index in [0.29, 0.717) is 12.4 Å². The molecule has 2 aromatic heterocycles. The van der Waals surface area contributed by atoms with Crippen LogP contribution in [-0.2, 0) is 6.42 Å². The highest BCUT2D eigenvalue weighted by Gasteiger charge is 2.22. The van der Waals surface area contributed by atoms with Gasteiger partial charge in [-0.1, -0.05) is 0 Å². The van der Waals surface area contributed by atoms with Crippen molar-refractivity contribution >= 4 is 17.5 Å². The molecule has 0 unspecified atom stereocenters. The Morgan fingerprint density at radius 3 is 2.58 bits per heavy atom. The molecule has 0 atom stereocenters. The number of amides is 2. The molecule has 4 heterocycles. The molecule has 0 bridgehead atoms. The summed E-state index contributed by atoms with van der Waals surface area (Å²) in [6.45, 7) is 4.78. The molecule has 136 valence electrons. The molecule has 7 nitrogen and oxygen atoms in total. The summed E-state index contributed by atoms with van der Waals surface area (Å²) in [5.74, 6) is 0.690. The van der Waals surface area contributed by atoms with Crippen molar-refractivity contribution in [3.05, 3.63) is 36.3 Å². The molecule has 2 N–H and O–H groups in total. The van der Waals surface area contributed by atoms with E-state index in [-0.39, 0.29) is 0 Å². The van der Waals surface area contributed by atoms with Crippen LogP contribution in [-0.4, -0.2) is 60.7 Å². The van der Waals surface area contributed by atoms with Crippen molar-refractivity contribution in [1.29, 1.82) is 0 Å². The van der Waals surface area contributed by atoms with E-state index in [0.717, 1.165) is 61.4 Å². The average Bonchev–Trinajstić information content (AvgIpc) is 2.67. The molecular formula is C19H24N6O. The number of pyridine rings is 2. The van der Waals surface area contributed by atoms with Gasteiger partial charge in [0.05, 0.1) is 11.9 Å². The van der Waals surface area contributed by atoms with Crippen molar-refractivity contribution in [3.8, 4) is 11.1 Å². The molecular weight excluding hydrogens is 328 g/mol. The maximum Gasteiger partial charge on any atom is 0.320 e. The number of urea groups is 1. The van der Waals surface area contributed by atoms with Gasteiger partial charge in [-0.2, -0.15) is 0 Å². The van der Waals surface area contributed by atoms with Gasteiger partial charge in [-0.25, -0.2) is 9.78 Å². The van der Waals surface area contributed by atoms with E-state index in [1.807, 2.05) is 18.6 Å². The van der Waals surface area contributed by atoms with Crippen LogP contribution in [0.25, 0.3) is 11.1 Å². The van der Waals surface area contributed by atoms with Gasteiger partial charge in [0, 0.05) is 56.2 Å². The highest BCUT2D eigenvalue weighted by molar-refractivity contribution is 5.91. The lowest BCUT2D eigenvalue weighted by atomic mass is 10.0. The number of piperazine rings is 1. The molecule has 0 saturated carbocycles. The number of nitrogens with zero attached hydrogens (tertiary/aromatic N) is 5. The van der Waals surface area contributed by atoms with Gasteiger partial charge in [0.15, 0.2) is 0 Å². The van der Waals surface area contributed by atoms with Crippen LogP contribution in [0.15, 0.2) is 30.7 Å². The molecule has 0 aliphatic carbocycles. The summed E-state index contributed by atoms with van der Waals surface area (Å²) in [6, 6.07) is 3.85. The molecule has 4 rings (SSSR count). The second-order valence-electron chi connectivity index (χ2n) is 7.02. The minimum atomic E-state index is -0.440. The van der Waals surface area contributed by atoms with Gasteiger partial charge < -0.3 is 15.5 Å². The summed E-state index contributed by atoms with van der Waals surface area (Å²) in [5.41, 5.74) is 9.76. The van der Waals surface area contributed by atoms with Crippen LogP contribution in [0.5, 0.6) is 0 Å². The third-order valence-electron chi connectivity index (χ3n) is 5.22. The normalized spacial score (nSPS) is 17.9. The highest BCUT2D eigenvalue weighted by Crippen LogP contribution is 2.30. The van der Waals surface area contributed by atoms with Gasteiger partial charge in [0.1, 0.15) is 5.82 Å².